The number of benzene rings is 2. The third-order valence-corrected chi connectivity index (χ3v) is 6.06. The number of aromatic nitrogens is 2. The first-order chi connectivity index (χ1) is 15.0. The maximum atomic E-state index is 12.2. The van der Waals surface area contributed by atoms with Gasteiger partial charge in [-0.25, -0.2) is 4.98 Å². The fraction of sp³-hybridized carbons (Fsp3) is 0.348. The van der Waals surface area contributed by atoms with Crippen molar-refractivity contribution in [1.29, 1.82) is 0 Å². The van der Waals surface area contributed by atoms with Crippen molar-refractivity contribution >= 4 is 28.6 Å². The molecule has 0 aliphatic carbocycles. The number of carboxylic acid groups (broad SMARTS) is 1. The zero-order valence-corrected chi connectivity index (χ0v) is 17.7. The summed E-state index contributed by atoms with van der Waals surface area (Å²) in [7, 11) is 3.13. The topological polar surface area (TPSA) is 111 Å². The van der Waals surface area contributed by atoms with Crippen molar-refractivity contribution in [3.05, 3.63) is 48.0 Å². The molecule has 31 heavy (non-hydrogen) atoms. The van der Waals surface area contributed by atoms with Gasteiger partial charge in [-0.1, -0.05) is 30.3 Å². The number of carboxylic acids is 1. The number of anilines is 2. The molecule has 1 aliphatic heterocycles. The van der Waals surface area contributed by atoms with Gasteiger partial charge in [-0.2, -0.15) is 4.98 Å². The molecule has 0 saturated carbocycles. The Morgan fingerprint density at radius 3 is 2.35 bits per heavy atom. The first kappa shape index (κ1) is 20.7. The van der Waals surface area contributed by atoms with Gasteiger partial charge in [0.2, 0.25) is 5.95 Å². The molecule has 0 unspecified atom stereocenters. The lowest BCUT2D eigenvalue weighted by atomic mass is 9.74. The van der Waals surface area contributed by atoms with Crippen LogP contribution in [0.3, 0.4) is 0 Å². The Labute approximate surface area is 180 Å². The van der Waals surface area contributed by atoms with Crippen LogP contribution in [0.25, 0.3) is 10.9 Å². The van der Waals surface area contributed by atoms with Crippen LogP contribution in [0.15, 0.2) is 42.5 Å². The van der Waals surface area contributed by atoms with Crippen LogP contribution in [0.5, 0.6) is 11.5 Å². The van der Waals surface area contributed by atoms with Gasteiger partial charge in [0.25, 0.3) is 0 Å². The maximum absolute atomic E-state index is 12.2. The molecule has 0 amide bonds. The van der Waals surface area contributed by atoms with Crippen LogP contribution in [0, 0.1) is 5.41 Å². The number of nitrogens with two attached hydrogens (primary N) is 1. The van der Waals surface area contributed by atoms with E-state index in [4.69, 9.17) is 15.2 Å². The fourth-order valence-electron chi connectivity index (χ4n) is 4.20. The average Bonchev–Trinajstić information content (AvgIpc) is 2.79. The van der Waals surface area contributed by atoms with Gasteiger partial charge in [0.15, 0.2) is 11.5 Å². The van der Waals surface area contributed by atoms with E-state index < -0.39 is 11.4 Å². The highest BCUT2D eigenvalue weighted by molar-refractivity contribution is 5.91. The second kappa shape index (κ2) is 8.29. The predicted molar refractivity (Wildman–Crippen MR) is 119 cm³/mol. The summed E-state index contributed by atoms with van der Waals surface area (Å²) in [5, 5.41) is 10.7. The molecule has 2 aromatic carbocycles. The molecular formula is C23H26N4O4. The Morgan fingerprint density at radius 1 is 1.10 bits per heavy atom. The number of methoxy groups -OCH3 is 2. The summed E-state index contributed by atoms with van der Waals surface area (Å²) in [4.78, 5) is 23.3. The van der Waals surface area contributed by atoms with Crippen molar-refractivity contribution in [3.8, 4) is 11.5 Å². The minimum absolute atomic E-state index is 0.348. The van der Waals surface area contributed by atoms with E-state index in [0.29, 0.717) is 66.5 Å². The van der Waals surface area contributed by atoms with Crippen molar-refractivity contribution < 1.29 is 19.4 Å². The van der Waals surface area contributed by atoms with Gasteiger partial charge in [0.05, 0.1) is 25.2 Å². The summed E-state index contributed by atoms with van der Waals surface area (Å²) in [5.41, 5.74) is 7.10. The molecular weight excluding hydrogens is 396 g/mol. The molecule has 8 nitrogen and oxygen atoms in total. The van der Waals surface area contributed by atoms with Gasteiger partial charge in [-0.15, -0.1) is 0 Å². The summed E-state index contributed by atoms with van der Waals surface area (Å²) in [6, 6.07) is 13.3. The second-order valence-corrected chi connectivity index (χ2v) is 7.87. The van der Waals surface area contributed by atoms with E-state index in [9.17, 15) is 9.90 Å². The highest BCUT2D eigenvalue weighted by Crippen LogP contribution is 2.38. The number of rotatable bonds is 6. The fourth-order valence-corrected chi connectivity index (χ4v) is 4.20. The predicted octanol–water partition coefficient (Wildman–Crippen LogP) is 3.14. The van der Waals surface area contributed by atoms with Crippen LogP contribution in [0.4, 0.5) is 11.8 Å². The number of hydrogen-bond acceptors (Lipinski definition) is 7. The van der Waals surface area contributed by atoms with Crippen molar-refractivity contribution in [2.45, 2.75) is 19.3 Å². The first-order valence-electron chi connectivity index (χ1n) is 10.2. The van der Waals surface area contributed by atoms with E-state index in [1.165, 1.54) is 0 Å². The van der Waals surface area contributed by atoms with Crippen molar-refractivity contribution in [2.75, 3.05) is 37.9 Å². The molecule has 1 saturated heterocycles. The van der Waals surface area contributed by atoms with Gasteiger partial charge >= 0.3 is 5.97 Å². The van der Waals surface area contributed by atoms with Gasteiger partial charge in [0, 0.05) is 24.5 Å². The normalized spacial score (nSPS) is 15.6. The van der Waals surface area contributed by atoms with Crippen LogP contribution in [-0.4, -0.2) is 48.4 Å². The number of fused-ring (bicyclic) bond motifs is 1. The van der Waals surface area contributed by atoms with Gasteiger partial charge < -0.3 is 25.2 Å². The number of hydrogen-bond donors (Lipinski definition) is 2. The smallest absolute Gasteiger partial charge is 0.310 e. The Morgan fingerprint density at radius 2 is 1.74 bits per heavy atom. The Kier molecular flexibility index (Phi) is 5.54. The Balaban J connectivity index is 1.59. The van der Waals surface area contributed by atoms with Crippen molar-refractivity contribution in [3.63, 3.8) is 0 Å². The van der Waals surface area contributed by atoms with E-state index >= 15 is 0 Å². The molecule has 1 aromatic heterocycles. The number of nitrogen functional groups attached to an aromatic ring is 1. The number of aliphatic carboxylic acids is 1. The summed E-state index contributed by atoms with van der Waals surface area (Å²) in [6.07, 6.45) is 1.52. The molecule has 4 rings (SSSR count). The molecule has 2 heterocycles. The first-order valence-corrected chi connectivity index (χ1v) is 10.2. The SMILES string of the molecule is COc1cc2nc(N3CCC(Cc4ccccc4)(C(=O)O)CC3)nc(N)c2cc1OC. The number of carbonyl (C=O) groups is 1. The molecule has 0 bridgehead atoms. The van der Waals surface area contributed by atoms with Crippen LogP contribution in [0.1, 0.15) is 18.4 Å². The minimum Gasteiger partial charge on any atom is -0.493 e. The van der Waals surface area contributed by atoms with Crippen LogP contribution < -0.4 is 20.1 Å². The lowest BCUT2D eigenvalue weighted by Gasteiger charge is -2.39. The van der Waals surface area contributed by atoms with Gasteiger partial charge in [-0.05, 0) is 30.9 Å². The number of nitrogens with zero attached hydrogens (tertiary/aromatic N) is 3. The average molecular weight is 422 g/mol. The molecule has 3 aromatic rings. The zero-order valence-electron chi connectivity index (χ0n) is 17.7. The van der Waals surface area contributed by atoms with E-state index in [1.54, 1.807) is 26.4 Å². The Hall–Kier alpha value is -3.55. The maximum Gasteiger partial charge on any atom is 0.310 e. The third-order valence-electron chi connectivity index (χ3n) is 6.06. The van der Waals surface area contributed by atoms with Crippen LogP contribution >= 0.6 is 0 Å². The summed E-state index contributed by atoms with van der Waals surface area (Å²) >= 11 is 0. The standard InChI is InChI=1S/C23H26N4O4/c1-30-18-12-16-17(13-19(18)31-2)25-22(26-20(16)24)27-10-8-23(9-11-27,21(28)29)14-15-6-4-3-5-7-15/h3-7,12-13H,8-11,14H2,1-2H3,(H,28,29)(H2,24,25,26). The van der Waals surface area contributed by atoms with Crippen LogP contribution in [-0.2, 0) is 11.2 Å². The quantitative estimate of drug-likeness (QED) is 0.623. The summed E-state index contributed by atoms with van der Waals surface area (Å²) in [6.45, 7) is 1.08. The largest absolute Gasteiger partial charge is 0.493 e. The third kappa shape index (κ3) is 3.93. The van der Waals surface area contributed by atoms with E-state index in [2.05, 4.69) is 9.97 Å². The molecule has 162 valence electrons. The molecule has 1 aliphatic rings. The summed E-state index contributed by atoms with van der Waals surface area (Å²) in [5.74, 6) is 1.21. The lowest BCUT2D eigenvalue weighted by Crippen LogP contribution is -2.46. The highest BCUT2D eigenvalue weighted by Gasteiger charge is 2.42. The van der Waals surface area contributed by atoms with E-state index in [-0.39, 0.29) is 0 Å². The minimum atomic E-state index is -0.795. The second-order valence-electron chi connectivity index (χ2n) is 7.87. The zero-order chi connectivity index (χ0) is 22.0. The number of piperidine rings is 1. The van der Waals surface area contributed by atoms with Crippen molar-refractivity contribution in [2.24, 2.45) is 5.41 Å². The molecule has 0 radical (unpaired) electrons. The summed E-state index contributed by atoms with van der Waals surface area (Å²) < 4.78 is 10.7. The molecule has 8 heteroatoms. The Bertz CT molecular complexity index is 1100. The highest BCUT2D eigenvalue weighted by atomic mass is 16.5. The molecule has 0 spiro atoms. The molecule has 0 atom stereocenters. The van der Waals surface area contributed by atoms with Crippen LogP contribution in [0.2, 0.25) is 0 Å². The van der Waals surface area contributed by atoms with Crippen molar-refractivity contribution in [1.82, 2.24) is 9.97 Å². The van der Waals surface area contributed by atoms with Gasteiger partial charge in [-0.3, -0.25) is 4.79 Å². The number of ether oxygens (including phenoxy) is 2. The lowest BCUT2D eigenvalue weighted by molar-refractivity contribution is -0.150. The van der Waals surface area contributed by atoms with E-state index in [1.807, 2.05) is 35.2 Å². The van der Waals surface area contributed by atoms with E-state index in [0.717, 1.165) is 5.56 Å². The molecule has 1 fully saturated rings. The van der Waals surface area contributed by atoms with Gasteiger partial charge in [0.1, 0.15) is 5.82 Å². The monoisotopic (exact) mass is 422 g/mol. The molecule has 3 N–H and O–H groups in total.